The van der Waals surface area contributed by atoms with Crippen LogP contribution < -0.4 is 10.6 Å². The summed E-state index contributed by atoms with van der Waals surface area (Å²) in [7, 11) is 0. The molecule has 1 saturated carbocycles. The second kappa shape index (κ2) is 10.4. The fraction of sp³-hybridized carbons (Fsp3) is 0.393. The second-order valence-corrected chi connectivity index (χ2v) is 11.8. The number of aromatic nitrogens is 5. The highest BCUT2D eigenvalue weighted by molar-refractivity contribution is 6.35. The van der Waals surface area contributed by atoms with Gasteiger partial charge < -0.3 is 10.6 Å². The van der Waals surface area contributed by atoms with Gasteiger partial charge in [0.2, 0.25) is 11.9 Å². The first-order valence-electron chi connectivity index (χ1n) is 12.9. The van der Waals surface area contributed by atoms with Crippen molar-refractivity contribution in [2.45, 2.75) is 58.5 Å². The highest BCUT2D eigenvalue weighted by atomic mass is 35.5. The molecule has 1 fully saturated rings. The van der Waals surface area contributed by atoms with Gasteiger partial charge in [-0.3, -0.25) is 4.98 Å². The predicted molar refractivity (Wildman–Crippen MR) is 147 cm³/mol. The number of nitriles is 1. The molecule has 1 atom stereocenters. The fourth-order valence-corrected chi connectivity index (χ4v) is 4.94. The summed E-state index contributed by atoms with van der Waals surface area (Å²) in [5.74, 6) is -1.76. The third kappa shape index (κ3) is 5.38. The van der Waals surface area contributed by atoms with Gasteiger partial charge in [-0.15, -0.1) is 5.10 Å². The van der Waals surface area contributed by atoms with Gasteiger partial charge in [-0.05, 0) is 43.4 Å². The number of anilines is 2. The lowest BCUT2D eigenvalue weighted by molar-refractivity contribution is 0.0524. The van der Waals surface area contributed by atoms with Crippen LogP contribution in [0, 0.1) is 35.6 Å². The Morgan fingerprint density at radius 2 is 1.93 bits per heavy atom. The molecule has 8 nitrogen and oxygen atoms in total. The first-order valence-corrected chi connectivity index (χ1v) is 13.3. The van der Waals surface area contributed by atoms with Crippen LogP contribution in [-0.4, -0.2) is 37.9 Å². The van der Waals surface area contributed by atoms with Gasteiger partial charge in [-0.2, -0.15) is 14.0 Å². The first-order chi connectivity index (χ1) is 19.3. The van der Waals surface area contributed by atoms with Gasteiger partial charge in [0.05, 0.1) is 21.8 Å². The Morgan fingerprint density at radius 1 is 1.20 bits per heavy atom. The molecular weight excluding hydrogens is 560 g/mol. The molecule has 4 aromatic rings. The second-order valence-electron chi connectivity index (χ2n) is 11.4. The summed E-state index contributed by atoms with van der Waals surface area (Å²) in [6.07, 6.45) is -1.25. The molecule has 1 aromatic carbocycles. The Hall–Kier alpha value is -3.98. The van der Waals surface area contributed by atoms with Gasteiger partial charge in [-0.1, -0.05) is 43.7 Å². The van der Waals surface area contributed by atoms with E-state index in [1.807, 2.05) is 20.8 Å². The van der Waals surface area contributed by atoms with E-state index in [9.17, 15) is 18.4 Å². The number of hydrogen-bond donors (Lipinski definition) is 2. The Bertz CT molecular complexity index is 1670. The van der Waals surface area contributed by atoms with E-state index in [0.29, 0.717) is 44.6 Å². The third-order valence-electron chi connectivity index (χ3n) is 7.06. The number of benzene rings is 1. The molecule has 2 N–H and O–H groups in total. The van der Waals surface area contributed by atoms with Crippen molar-refractivity contribution < 1.29 is 17.6 Å². The smallest absolute Gasteiger partial charge is 0.263 e. The summed E-state index contributed by atoms with van der Waals surface area (Å²) in [6, 6.07) is 6.85. The van der Waals surface area contributed by atoms with Crippen molar-refractivity contribution in [3.63, 3.8) is 0 Å². The number of fused-ring (bicyclic) bond motifs is 1. The van der Waals surface area contributed by atoms with Crippen LogP contribution in [-0.2, 0) is 5.54 Å². The van der Waals surface area contributed by atoms with Crippen LogP contribution in [0.15, 0.2) is 30.5 Å². The van der Waals surface area contributed by atoms with Gasteiger partial charge in [0.15, 0.2) is 0 Å². The van der Waals surface area contributed by atoms with Crippen molar-refractivity contribution in [1.29, 1.82) is 5.26 Å². The Kier molecular flexibility index (Phi) is 7.27. The maximum absolute atomic E-state index is 15.8. The minimum absolute atomic E-state index is 0.0679. The van der Waals surface area contributed by atoms with Crippen molar-refractivity contribution in [2.24, 2.45) is 5.41 Å². The number of alkyl halides is 2. The van der Waals surface area contributed by atoms with Crippen LogP contribution >= 0.6 is 11.6 Å². The number of nitrogens with one attached hydrogen (secondary N) is 2. The lowest BCUT2D eigenvalue weighted by atomic mass is 9.96. The molecule has 0 radical (unpaired) electrons. The van der Waals surface area contributed by atoms with E-state index < -0.39 is 29.9 Å². The molecule has 3 aromatic heterocycles. The van der Waals surface area contributed by atoms with Gasteiger partial charge in [0.25, 0.3) is 6.43 Å². The lowest BCUT2D eigenvalue weighted by Crippen LogP contribution is -2.29. The summed E-state index contributed by atoms with van der Waals surface area (Å²) in [5.41, 5.74) is 0.129. The average Bonchev–Trinajstić information content (AvgIpc) is 3.62. The fourth-order valence-electron chi connectivity index (χ4n) is 4.67. The average molecular weight is 587 g/mol. The van der Waals surface area contributed by atoms with Gasteiger partial charge in [0.1, 0.15) is 23.3 Å². The third-order valence-corrected chi connectivity index (χ3v) is 7.35. The molecule has 0 amide bonds. The van der Waals surface area contributed by atoms with Crippen LogP contribution in [0.5, 0.6) is 0 Å². The summed E-state index contributed by atoms with van der Waals surface area (Å²) >= 11 is 6.62. The minimum atomic E-state index is -2.83. The Morgan fingerprint density at radius 3 is 2.54 bits per heavy atom. The quantitative estimate of drug-likeness (QED) is 0.174. The molecule has 41 heavy (non-hydrogen) atoms. The maximum atomic E-state index is 15.8. The molecule has 0 unspecified atom stereocenters. The minimum Gasteiger partial charge on any atom is -0.383 e. The van der Waals surface area contributed by atoms with Gasteiger partial charge in [-0.25, -0.2) is 18.4 Å². The molecule has 0 bridgehead atoms. The predicted octanol–water partition coefficient (Wildman–Crippen LogP) is 6.75. The number of rotatable bonds is 8. The van der Waals surface area contributed by atoms with E-state index in [0.717, 1.165) is 6.07 Å². The largest absolute Gasteiger partial charge is 0.383 e. The van der Waals surface area contributed by atoms with Crippen LogP contribution in [0.3, 0.4) is 0 Å². The Balaban J connectivity index is 1.64. The zero-order valence-corrected chi connectivity index (χ0v) is 23.5. The summed E-state index contributed by atoms with van der Waals surface area (Å²) in [5, 5.41) is 24.7. The number of pyridine rings is 2. The normalized spacial score (nSPS) is 15.1. The summed E-state index contributed by atoms with van der Waals surface area (Å²) in [6.45, 7) is 8.21. The monoisotopic (exact) mass is 586 g/mol. The number of halogens is 5. The highest BCUT2D eigenvalue weighted by Gasteiger charge is 2.56. The maximum Gasteiger partial charge on any atom is 0.263 e. The topological polar surface area (TPSA) is 104 Å². The van der Waals surface area contributed by atoms with Crippen molar-refractivity contribution in [1.82, 2.24) is 25.0 Å². The summed E-state index contributed by atoms with van der Waals surface area (Å²) in [4.78, 5) is 8.21. The number of nitrogens with zero attached hydrogens (tertiary/aromatic N) is 6. The van der Waals surface area contributed by atoms with Crippen molar-refractivity contribution in [3.8, 4) is 6.07 Å². The van der Waals surface area contributed by atoms with Crippen molar-refractivity contribution in [2.75, 3.05) is 17.2 Å². The first kappa shape index (κ1) is 28.5. The molecule has 13 heteroatoms. The van der Waals surface area contributed by atoms with E-state index in [4.69, 9.17) is 11.6 Å². The highest BCUT2D eigenvalue weighted by Crippen LogP contribution is 2.49. The SMILES string of the molecule is Cc1nc(F)ccc1[C@H](Nc1cc(Cl)c2ncc(C#N)c(NCC(C)(C)C)c2c1)c1nnn(C2(C(F)F)CC2)c1F. The molecule has 1 aliphatic carbocycles. The van der Waals surface area contributed by atoms with E-state index in [1.54, 1.807) is 19.1 Å². The van der Waals surface area contributed by atoms with Crippen LogP contribution in [0.4, 0.5) is 28.9 Å². The zero-order valence-electron chi connectivity index (χ0n) is 22.7. The molecule has 5 rings (SSSR count). The van der Waals surface area contributed by atoms with Crippen LogP contribution in [0.25, 0.3) is 10.9 Å². The molecule has 0 saturated heterocycles. The van der Waals surface area contributed by atoms with Crippen molar-refractivity contribution >= 4 is 33.9 Å². The summed E-state index contributed by atoms with van der Waals surface area (Å²) < 4.78 is 57.9. The van der Waals surface area contributed by atoms with E-state index in [-0.39, 0.29) is 34.7 Å². The van der Waals surface area contributed by atoms with E-state index in [2.05, 4.69) is 37.0 Å². The van der Waals surface area contributed by atoms with Crippen LogP contribution in [0.2, 0.25) is 5.02 Å². The molecular formula is C28H27ClF4N8. The Labute approximate surface area is 238 Å². The van der Waals surface area contributed by atoms with Gasteiger partial charge in [0, 0.05) is 35.1 Å². The van der Waals surface area contributed by atoms with Crippen LogP contribution in [0.1, 0.15) is 62.2 Å². The molecule has 1 aliphatic rings. The van der Waals surface area contributed by atoms with E-state index >= 15 is 4.39 Å². The molecule has 0 aliphatic heterocycles. The number of hydrogen-bond acceptors (Lipinski definition) is 7. The molecule has 214 valence electrons. The number of aryl methyl sites for hydroxylation is 1. The molecule has 0 spiro atoms. The molecule has 3 heterocycles. The zero-order chi connectivity index (χ0) is 29.7. The van der Waals surface area contributed by atoms with Crippen molar-refractivity contribution in [3.05, 3.63) is 69.9 Å². The van der Waals surface area contributed by atoms with E-state index in [1.165, 1.54) is 12.3 Å². The lowest BCUT2D eigenvalue weighted by Gasteiger charge is -2.23. The standard InChI is InChI=1S/C28H27ClF4N8/c1-14-17(5-6-20(30)37-14)23(24-25(31)41(40-39-24)28(7-8-28)26(32)33)38-16-9-18-21(36-13-27(2,3)4)15(11-34)12-35-22(18)19(29)10-16/h5-6,9-10,12,23,26,38H,7-8,13H2,1-4H3,(H,35,36)/t23-/m0/s1. The van der Waals surface area contributed by atoms with Gasteiger partial charge >= 0.3 is 0 Å².